The first-order chi connectivity index (χ1) is 7.66. The Morgan fingerprint density at radius 1 is 1.25 bits per heavy atom. The zero-order valence-corrected chi connectivity index (χ0v) is 9.63. The summed E-state index contributed by atoms with van der Waals surface area (Å²) in [6, 6.07) is 7.82. The van der Waals surface area contributed by atoms with E-state index in [1.54, 1.807) is 0 Å². The number of nitrogens with one attached hydrogen (secondary N) is 2. The second-order valence-corrected chi connectivity index (χ2v) is 4.15. The summed E-state index contributed by atoms with van der Waals surface area (Å²) in [6.45, 7) is 5.58. The lowest BCUT2D eigenvalue weighted by Gasteiger charge is -2.21. The van der Waals surface area contributed by atoms with Gasteiger partial charge in [-0.3, -0.25) is 4.79 Å². The summed E-state index contributed by atoms with van der Waals surface area (Å²) in [6.07, 6.45) is 0. The second kappa shape index (κ2) is 4.49. The molecule has 0 bridgehead atoms. The van der Waals surface area contributed by atoms with Gasteiger partial charge in [-0.1, -0.05) is 17.7 Å². The quantitative estimate of drug-likeness (QED) is 0.741. The fourth-order valence-corrected chi connectivity index (χ4v) is 1.54. The van der Waals surface area contributed by atoms with Crippen molar-refractivity contribution in [3.8, 4) is 0 Å². The largest absolute Gasteiger partial charge is 0.322 e. The van der Waals surface area contributed by atoms with Gasteiger partial charge in [0.15, 0.2) is 0 Å². The van der Waals surface area contributed by atoms with Crippen molar-refractivity contribution in [1.82, 2.24) is 5.32 Å². The maximum atomic E-state index is 11.8. The third-order valence-corrected chi connectivity index (χ3v) is 2.86. The molecule has 1 fully saturated rings. The van der Waals surface area contributed by atoms with Crippen LogP contribution >= 0.6 is 0 Å². The second-order valence-electron chi connectivity index (χ2n) is 4.15. The van der Waals surface area contributed by atoms with Crippen LogP contribution in [0, 0.1) is 6.92 Å². The van der Waals surface area contributed by atoms with E-state index in [4.69, 9.17) is 0 Å². The van der Waals surface area contributed by atoms with Gasteiger partial charge in [-0.15, -0.1) is 0 Å². The van der Waals surface area contributed by atoms with Gasteiger partial charge in [0, 0.05) is 24.4 Å². The molecule has 0 aliphatic carbocycles. The third kappa shape index (κ3) is 2.31. The fourth-order valence-electron chi connectivity index (χ4n) is 1.54. The van der Waals surface area contributed by atoms with Crippen LogP contribution in [0.5, 0.6) is 0 Å². The van der Waals surface area contributed by atoms with Crippen LogP contribution in [0.2, 0.25) is 0 Å². The van der Waals surface area contributed by atoms with E-state index in [0.717, 1.165) is 24.4 Å². The van der Waals surface area contributed by atoms with Crippen molar-refractivity contribution in [3.63, 3.8) is 0 Å². The van der Waals surface area contributed by atoms with Crippen LogP contribution in [-0.4, -0.2) is 19.0 Å². The summed E-state index contributed by atoms with van der Waals surface area (Å²) in [7, 11) is 0. The van der Waals surface area contributed by atoms with Crippen LogP contribution < -0.4 is 10.6 Å². The number of benzene rings is 1. The minimum absolute atomic E-state index is 0.000327. The van der Waals surface area contributed by atoms with Gasteiger partial charge in [0.2, 0.25) is 0 Å². The predicted molar refractivity (Wildman–Crippen MR) is 65.4 cm³/mol. The first-order valence-electron chi connectivity index (χ1n) is 5.44. The van der Waals surface area contributed by atoms with Gasteiger partial charge in [-0.25, -0.2) is 0 Å². The summed E-state index contributed by atoms with van der Waals surface area (Å²) in [4.78, 5) is 11.8. The molecular formula is C13H16N2O. The van der Waals surface area contributed by atoms with Crippen LogP contribution in [0.3, 0.4) is 0 Å². The number of hydrogen-bond donors (Lipinski definition) is 2. The predicted octanol–water partition coefficient (Wildman–Crippen LogP) is 1.85. The first kappa shape index (κ1) is 10.9. The summed E-state index contributed by atoms with van der Waals surface area (Å²) < 4.78 is 0. The number of rotatable bonds is 2. The van der Waals surface area contributed by atoms with E-state index in [1.165, 1.54) is 11.1 Å². The highest BCUT2D eigenvalue weighted by Crippen LogP contribution is 2.13. The lowest BCUT2D eigenvalue weighted by atomic mass is 10.0. The summed E-state index contributed by atoms with van der Waals surface area (Å²) >= 11 is 0. The molecule has 1 saturated heterocycles. The minimum atomic E-state index is 0.000327. The normalized spacial score (nSPS) is 14.2. The van der Waals surface area contributed by atoms with Gasteiger partial charge in [-0.05, 0) is 31.6 Å². The van der Waals surface area contributed by atoms with Crippen molar-refractivity contribution in [3.05, 3.63) is 41.0 Å². The Morgan fingerprint density at radius 2 is 1.88 bits per heavy atom. The number of carbonyl (C=O) groups excluding carboxylic acids is 1. The summed E-state index contributed by atoms with van der Waals surface area (Å²) in [5.41, 5.74) is 4.07. The molecule has 16 heavy (non-hydrogen) atoms. The molecule has 1 aromatic rings. The van der Waals surface area contributed by atoms with Gasteiger partial charge < -0.3 is 10.6 Å². The van der Waals surface area contributed by atoms with Crippen molar-refractivity contribution in [2.24, 2.45) is 0 Å². The molecule has 1 heterocycles. The van der Waals surface area contributed by atoms with E-state index in [0.29, 0.717) is 0 Å². The molecule has 84 valence electrons. The molecular weight excluding hydrogens is 200 g/mol. The van der Waals surface area contributed by atoms with Crippen LogP contribution in [0.1, 0.15) is 12.5 Å². The van der Waals surface area contributed by atoms with E-state index < -0.39 is 0 Å². The van der Waals surface area contributed by atoms with Crippen LogP contribution in [0.25, 0.3) is 0 Å². The van der Waals surface area contributed by atoms with Gasteiger partial charge in [-0.2, -0.15) is 0 Å². The van der Waals surface area contributed by atoms with Crippen LogP contribution in [0.4, 0.5) is 5.69 Å². The van der Waals surface area contributed by atoms with Crippen molar-refractivity contribution >= 4 is 11.6 Å². The van der Waals surface area contributed by atoms with Gasteiger partial charge in [0.1, 0.15) is 0 Å². The van der Waals surface area contributed by atoms with E-state index in [-0.39, 0.29) is 5.91 Å². The Balaban J connectivity index is 2.04. The van der Waals surface area contributed by atoms with Gasteiger partial charge in [0.25, 0.3) is 5.91 Å². The summed E-state index contributed by atoms with van der Waals surface area (Å²) in [5, 5.41) is 6.02. The average Bonchev–Trinajstić information content (AvgIpc) is 2.19. The molecule has 2 N–H and O–H groups in total. The Bertz CT molecular complexity index is 426. The Kier molecular flexibility index (Phi) is 3.06. The standard InChI is InChI=1S/C13H16N2O/c1-9-3-5-12(6-4-9)15-13(16)10(2)11-7-14-8-11/h3-6,14H,7-8H2,1-2H3,(H,15,16). The molecule has 0 saturated carbocycles. The summed E-state index contributed by atoms with van der Waals surface area (Å²) in [5.74, 6) is 0.000327. The van der Waals surface area contributed by atoms with Crippen molar-refractivity contribution in [2.45, 2.75) is 13.8 Å². The van der Waals surface area contributed by atoms with Crippen LogP contribution in [-0.2, 0) is 4.79 Å². The monoisotopic (exact) mass is 216 g/mol. The van der Waals surface area contributed by atoms with E-state index in [9.17, 15) is 4.79 Å². The molecule has 3 nitrogen and oxygen atoms in total. The molecule has 0 unspecified atom stereocenters. The smallest absolute Gasteiger partial charge is 0.251 e. The number of anilines is 1. The lowest BCUT2D eigenvalue weighted by molar-refractivity contribution is -0.112. The molecule has 2 rings (SSSR count). The van der Waals surface area contributed by atoms with Crippen molar-refractivity contribution < 1.29 is 4.79 Å². The Hall–Kier alpha value is -1.61. The van der Waals surface area contributed by atoms with Crippen molar-refractivity contribution in [2.75, 3.05) is 18.4 Å². The zero-order valence-electron chi connectivity index (χ0n) is 9.63. The number of hydrogen-bond acceptors (Lipinski definition) is 2. The maximum absolute atomic E-state index is 11.8. The molecule has 1 aliphatic heterocycles. The SMILES string of the molecule is CC(C(=O)Nc1ccc(C)cc1)=C1CNC1. The zero-order chi connectivity index (χ0) is 11.5. The molecule has 1 amide bonds. The number of aryl methyl sites for hydroxylation is 1. The Morgan fingerprint density at radius 3 is 2.38 bits per heavy atom. The third-order valence-electron chi connectivity index (χ3n) is 2.86. The molecule has 0 radical (unpaired) electrons. The molecule has 0 spiro atoms. The number of carbonyl (C=O) groups is 1. The first-order valence-corrected chi connectivity index (χ1v) is 5.44. The molecule has 0 atom stereocenters. The highest BCUT2D eigenvalue weighted by molar-refractivity contribution is 6.04. The Labute approximate surface area is 95.6 Å². The van der Waals surface area contributed by atoms with E-state index in [2.05, 4.69) is 10.6 Å². The van der Waals surface area contributed by atoms with Crippen LogP contribution in [0.15, 0.2) is 35.4 Å². The molecule has 1 aliphatic rings. The lowest BCUT2D eigenvalue weighted by Crippen LogP contribution is -2.36. The number of amides is 1. The highest BCUT2D eigenvalue weighted by atomic mass is 16.1. The highest BCUT2D eigenvalue weighted by Gasteiger charge is 2.15. The van der Waals surface area contributed by atoms with E-state index in [1.807, 2.05) is 38.1 Å². The van der Waals surface area contributed by atoms with Gasteiger partial charge in [0.05, 0.1) is 0 Å². The topological polar surface area (TPSA) is 41.1 Å². The molecule has 3 heteroatoms. The van der Waals surface area contributed by atoms with E-state index >= 15 is 0 Å². The molecule has 0 aromatic heterocycles. The minimum Gasteiger partial charge on any atom is -0.322 e. The average molecular weight is 216 g/mol. The van der Waals surface area contributed by atoms with Gasteiger partial charge >= 0.3 is 0 Å². The molecule has 1 aromatic carbocycles. The maximum Gasteiger partial charge on any atom is 0.251 e. The van der Waals surface area contributed by atoms with Crippen molar-refractivity contribution in [1.29, 1.82) is 0 Å². The fraction of sp³-hybridized carbons (Fsp3) is 0.308.